The van der Waals surface area contributed by atoms with E-state index in [1.165, 1.54) is 28.0 Å². The van der Waals surface area contributed by atoms with Crippen LogP contribution in [-0.2, 0) is 6.54 Å². The molecule has 2 heterocycles. The molecule has 162 valence electrons. The van der Waals surface area contributed by atoms with Crippen LogP contribution >= 0.6 is 11.3 Å². The van der Waals surface area contributed by atoms with E-state index in [1.807, 2.05) is 22.4 Å². The number of thiophene rings is 1. The molecule has 4 rings (SSSR count). The molecule has 0 bridgehead atoms. The molecule has 1 N–H and O–H groups in total. The Balaban J connectivity index is 1.32. The molecule has 1 saturated heterocycles. The average Bonchev–Trinajstić information content (AvgIpc) is 3.28. The molecule has 3 aromatic rings. The number of nitrogens with one attached hydrogen (secondary N) is 1. The number of amides is 2. The van der Waals surface area contributed by atoms with Gasteiger partial charge in [0.2, 0.25) is 0 Å². The van der Waals surface area contributed by atoms with Gasteiger partial charge in [-0.05, 0) is 60.4 Å². The maximum Gasteiger partial charge on any atom is 0.322 e. The van der Waals surface area contributed by atoms with E-state index in [-0.39, 0.29) is 12.1 Å². The first-order valence-corrected chi connectivity index (χ1v) is 11.6. The van der Waals surface area contributed by atoms with Gasteiger partial charge in [0, 0.05) is 32.5 Å². The van der Waals surface area contributed by atoms with Crippen molar-refractivity contribution in [3.63, 3.8) is 0 Å². The van der Waals surface area contributed by atoms with Gasteiger partial charge in [0.05, 0.1) is 5.00 Å². The Bertz CT molecular complexity index is 978. The van der Waals surface area contributed by atoms with E-state index in [2.05, 4.69) is 72.8 Å². The van der Waals surface area contributed by atoms with Crippen LogP contribution in [0.3, 0.4) is 0 Å². The Hall–Kier alpha value is -2.83. The first kappa shape index (κ1) is 21.4. The van der Waals surface area contributed by atoms with E-state index in [4.69, 9.17) is 4.74 Å². The monoisotopic (exact) mass is 435 g/mol. The summed E-state index contributed by atoms with van der Waals surface area (Å²) in [4.78, 5) is 16.4. The Morgan fingerprint density at radius 2 is 1.81 bits per heavy atom. The van der Waals surface area contributed by atoms with Crippen LogP contribution in [0.4, 0.5) is 9.80 Å². The Labute approximate surface area is 188 Å². The molecule has 1 aliphatic rings. The third kappa shape index (κ3) is 5.66. The molecule has 0 aliphatic carbocycles. The number of rotatable bonds is 6. The van der Waals surface area contributed by atoms with Gasteiger partial charge in [-0.2, -0.15) is 0 Å². The number of ether oxygens (including phenoxy) is 1. The number of benzene rings is 2. The highest BCUT2D eigenvalue weighted by Gasteiger charge is 2.24. The molecule has 1 fully saturated rings. The van der Waals surface area contributed by atoms with Gasteiger partial charge in [0.15, 0.2) is 0 Å². The van der Waals surface area contributed by atoms with Crippen molar-refractivity contribution >= 4 is 22.4 Å². The van der Waals surface area contributed by atoms with Gasteiger partial charge in [-0.3, -0.25) is 5.32 Å². The quantitative estimate of drug-likeness (QED) is 0.552. The summed E-state index contributed by atoms with van der Waals surface area (Å²) in [5.74, 6) is 0.885. The number of piperidine rings is 1. The summed E-state index contributed by atoms with van der Waals surface area (Å²) in [5, 5.41) is 5.80. The Morgan fingerprint density at radius 1 is 1.06 bits per heavy atom. The van der Waals surface area contributed by atoms with E-state index in [9.17, 15) is 4.79 Å². The topological polar surface area (TPSA) is 44.8 Å². The number of likely N-dealkylation sites (tertiary alicyclic amines) is 1. The fourth-order valence-corrected chi connectivity index (χ4v) is 4.50. The normalized spacial score (nSPS) is 14.6. The molecule has 1 aliphatic heterocycles. The molecule has 0 atom stereocenters. The van der Waals surface area contributed by atoms with E-state index < -0.39 is 0 Å². The van der Waals surface area contributed by atoms with Crippen molar-refractivity contribution in [3.8, 4) is 16.9 Å². The number of nitrogens with zero attached hydrogens (tertiary/aromatic N) is 2. The number of anilines is 1. The van der Waals surface area contributed by atoms with E-state index in [0.29, 0.717) is 13.1 Å². The lowest BCUT2D eigenvalue weighted by Gasteiger charge is -2.32. The van der Waals surface area contributed by atoms with E-state index >= 15 is 0 Å². The maximum absolute atomic E-state index is 12.4. The molecular weight excluding hydrogens is 406 g/mol. The minimum absolute atomic E-state index is 0.0263. The van der Waals surface area contributed by atoms with Crippen molar-refractivity contribution in [2.75, 3.05) is 32.5 Å². The first-order valence-electron chi connectivity index (χ1n) is 10.7. The Morgan fingerprint density at radius 3 is 2.48 bits per heavy atom. The lowest BCUT2D eigenvalue weighted by atomic mass is 9.99. The van der Waals surface area contributed by atoms with Crippen LogP contribution in [0.2, 0.25) is 0 Å². The molecule has 2 aromatic carbocycles. The van der Waals surface area contributed by atoms with E-state index in [0.717, 1.165) is 30.1 Å². The van der Waals surface area contributed by atoms with Gasteiger partial charge in [-0.1, -0.05) is 36.4 Å². The fraction of sp³-hybridized carbons (Fsp3) is 0.320. The van der Waals surface area contributed by atoms with Crippen LogP contribution < -0.4 is 10.1 Å². The van der Waals surface area contributed by atoms with Crippen LogP contribution in [0, 0.1) is 0 Å². The highest BCUT2D eigenvalue weighted by atomic mass is 32.1. The summed E-state index contributed by atoms with van der Waals surface area (Å²) < 4.78 is 6.21. The number of hydrogen-bond donors (Lipinski definition) is 1. The predicted molar refractivity (Wildman–Crippen MR) is 128 cm³/mol. The van der Waals surface area contributed by atoms with Gasteiger partial charge >= 0.3 is 6.03 Å². The standard InChI is InChI=1S/C25H29N3O2S/c1-27(2)18-20-6-3-4-7-23(20)19-9-11-21(12-10-19)30-22-13-15-28(16-14-22)25(29)26-24-8-5-17-31-24/h3-12,17,22H,13-16,18H2,1-2H3,(H,26,29). The second-order valence-electron chi connectivity index (χ2n) is 8.13. The third-order valence-electron chi connectivity index (χ3n) is 5.45. The first-order chi connectivity index (χ1) is 15.1. The number of carbonyl (C=O) groups excluding carboxylic acids is 1. The third-order valence-corrected chi connectivity index (χ3v) is 6.24. The molecule has 0 radical (unpaired) electrons. The summed E-state index contributed by atoms with van der Waals surface area (Å²) in [6, 6.07) is 20.7. The molecule has 0 saturated carbocycles. The zero-order chi connectivity index (χ0) is 21.6. The van der Waals surface area contributed by atoms with Gasteiger partial charge in [-0.25, -0.2) is 4.79 Å². The lowest BCUT2D eigenvalue weighted by Crippen LogP contribution is -2.43. The number of urea groups is 1. The zero-order valence-electron chi connectivity index (χ0n) is 18.1. The van der Waals surface area contributed by atoms with Crippen molar-refractivity contribution in [1.82, 2.24) is 9.80 Å². The molecule has 31 heavy (non-hydrogen) atoms. The van der Waals surface area contributed by atoms with Crippen LogP contribution in [-0.4, -0.2) is 49.1 Å². The molecule has 6 heteroatoms. The highest BCUT2D eigenvalue weighted by molar-refractivity contribution is 7.14. The van der Waals surface area contributed by atoms with Gasteiger partial charge in [0.1, 0.15) is 11.9 Å². The summed E-state index contributed by atoms with van der Waals surface area (Å²) in [7, 11) is 4.18. The summed E-state index contributed by atoms with van der Waals surface area (Å²) in [6.07, 6.45) is 1.81. The zero-order valence-corrected chi connectivity index (χ0v) is 18.9. The molecule has 0 unspecified atom stereocenters. The maximum atomic E-state index is 12.4. The van der Waals surface area contributed by atoms with E-state index in [1.54, 1.807) is 0 Å². The minimum atomic E-state index is -0.0263. The van der Waals surface area contributed by atoms with Crippen molar-refractivity contribution < 1.29 is 9.53 Å². The summed E-state index contributed by atoms with van der Waals surface area (Å²) in [6.45, 7) is 2.32. The van der Waals surface area contributed by atoms with Crippen LogP contribution in [0.1, 0.15) is 18.4 Å². The molecule has 2 amide bonds. The van der Waals surface area contributed by atoms with Gasteiger partial charge < -0.3 is 14.5 Å². The van der Waals surface area contributed by atoms with Crippen molar-refractivity contribution in [1.29, 1.82) is 0 Å². The largest absolute Gasteiger partial charge is 0.490 e. The minimum Gasteiger partial charge on any atom is -0.490 e. The van der Waals surface area contributed by atoms with Crippen LogP contribution in [0.5, 0.6) is 5.75 Å². The molecule has 0 spiro atoms. The molecule has 5 nitrogen and oxygen atoms in total. The molecule has 1 aromatic heterocycles. The molecular formula is C25H29N3O2S. The van der Waals surface area contributed by atoms with Gasteiger partial charge in [0.25, 0.3) is 0 Å². The van der Waals surface area contributed by atoms with Crippen molar-refractivity contribution in [2.45, 2.75) is 25.5 Å². The predicted octanol–water partition coefficient (Wildman–Crippen LogP) is 5.55. The average molecular weight is 436 g/mol. The van der Waals surface area contributed by atoms with Crippen molar-refractivity contribution in [3.05, 3.63) is 71.6 Å². The summed E-state index contributed by atoms with van der Waals surface area (Å²) in [5.41, 5.74) is 3.77. The lowest BCUT2D eigenvalue weighted by molar-refractivity contribution is 0.115. The number of carbonyl (C=O) groups is 1. The smallest absolute Gasteiger partial charge is 0.322 e. The fourth-order valence-electron chi connectivity index (χ4n) is 3.90. The highest BCUT2D eigenvalue weighted by Crippen LogP contribution is 2.28. The second-order valence-corrected chi connectivity index (χ2v) is 9.08. The number of hydrogen-bond acceptors (Lipinski definition) is 4. The SMILES string of the molecule is CN(C)Cc1ccccc1-c1ccc(OC2CCN(C(=O)Nc3cccs3)CC2)cc1. The second kappa shape index (κ2) is 9.98. The van der Waals surface area contributed by atoms with Crippen molar-refractivity contribution in [2.24, 2.45) is 0 Å². The Kier molecular flexibility index (Phi) is 6.89. The van der Waals surface area contributed by atoms with Gasteiger partial charge in [-0.15, -0.1) is 11.3 Å². The summed E-state index contributed by atoms with van der Waals surface area (Å²) >= 11 is 1.53. The van der Waals surface area contributed by atoms with Crippen LogP contribution in [0.25, 0.3) is 11.1 Å². The van der Waals surface area contributed by atoms with Crippen LogP contribution in [0.15, 0.2) is 66.0 Å².